The normalized spacial score (nSPS) is 12.5. The van der Waals surface area contributed by atoms with Gasteiger partial charge < -0.3 is 0 Å². The SMILES string of the molecule is N#Cc1ccc2c3c(-c4ccccc4)c4c5ccc6c7ccc8c9c(-c%10ccccc%10)c%10c%11ccc(C#N)c%12cccc(c%10c(-c%10ccccc%10)c9c9ccc(c%10ccc(c4c(-c4ccccc4)c3c3cccc1c32)c5c%106)c7c98)c%12%11. The molecular weight excluding hydrogens is 965 g/mol. The molecule has 80 heavy (non-hydrogen) atoms. The van der Waals surface area contributed by atoms with Crippen LogP contribution in [0, 0.1) is 22.7 Å². The number of hydrogen-bond acceptors (Lipinski definition) is 2. The Hall–Kier alpha value is -10.9. The Morgan fingerprint density at radius 3 is 0.650 bits per heavy atom. The molecule has 0 aliphatic heterocycles. The van der Waals surface area contributed by atoms with E-state index in [4.69, 9.17) is 0 Å². The van der Waals surface area contributed by atoms with Crippen LogP contribution in [0.25, 0.3) is 195 Å². The van der Waals surface area contributed by atoms with Gasteiger partial charge in [-0.2, -0.15) is 10.5 Å². The number of fused-ring (bicyclic) bond motifs is 14. The molecule has 0 N–H and O–H groups in total. The van der Waals surface area contributed by atoms with Gasteiger partial charge in [0.05, 0.1) is 23.3 Å². The quantitative estimate of drug-likeness (QED) is 0.130. The van der Waals surface area contributed by atoms with E-state index in [1.807, 2.05) is 12.1 Å². The van der Waals surface area contributed by atoms with E-state index in [1.165, 1.54) is 174 Å². The highest BCUT2D eigenvalue weighted by Crippen LogP contribution is 2.60. The molecule has 0 saturated carbocycles. The van der Waals surface area contributed by atoms with Crippen molar-refractivity contribution in [2.45, 2.75) is 0 Å². The maximum Gasteiger partial charge on any atom is 0.0998 e. The van der Waals surface area contributed by atoms with Crippen LogP contribution in [0.5, 0.6) is 0 Å². The van der Waals surface area contributed by atoms with Gasteiger partial charge in [0.1, 0.15) is 0 Å². The van der Waals surface area contributed by atoms with Crippen molar-refractivity contribution < 1.29 is 0 Å². The molecule has 0 atom stereocenters. The zero-order valence-electron chi connectivity index (χ0n) is 42.8. The lowest BCUT2D eigenvalue weighted by Crippen LogP contribution is -1.87. The molecule has 0 aromatic heterocycles. The maximum atomic E-state index is 10.4. The summed E-state index contributed by atoms with van der Waals surface area (Å²) in [6.45, 7) is 0. The van der Waals surface area contributed by atoms with Gasteiger partial charge in [0.2, 0.25) is 0 Å². The molecule has 0 fully saturated rings. The average Bonchev–Trinajstić information content (AvgIpc) is 3.94. The van der Waals surface area contributed by atoms with Crippen LogP contribution in [-0.2, 0) is 0 Å². The Morgan fingerprint density at radius 1 is 0.163 bits per heavy atom. The number of nitriles is 2. The van der Waals surface area contributed by atoms with Crippen LogP contribution < -0.4 is 0 Å². The summed E-state index contributed by atoms with van der Waals surface area (Å²) in [6.07, 6.45) is 0. The van der Waals surface area contributed by atoms with Crippen molar-refractivity contribution in [2.24, 2.45) is 0 Å². The Bertz CT molecular complexity index is 5340. The molecule has 0 amide bonds. The highest BCUT2D eigenvalue weighted by molar-refractivity contribution is 6.53. The van der Waals surface area contributed by atoms with Gasteiger partial charge in [-0.25, -0.2) is 0 Å². The summed E-state index contributed by atoms with van der Waals surface area (Å²) < 4.78 is 0. The monoisotopic (exact) mass is 1000 g/mol. The summed E-state index contributed by atoms with van der Waals surface area (Å²) in [6, 6.07) is 90.1. The van der Waals surface area contributed by atoms with E-state index < -0.39 is 0 Å². The summed E-state index contributed by atoms with van der Waals surface area (Å²) >= 11 is 0. The topological polar surface area (TPSA) is 47.6 Å². The minimum absolute atomic E-state index is 0.698. The van der Waals surface area contributed by atoms with Crippen molar-refractivity contribution in [3.05, 3.63) is 242 Å². The highest BCUT2D eigenvalue weighted by Gasteiger charge is 2.32. The fourth-order valence-electron chi connectivity index (χ4n) is 15.8. The van der Waals surface area contributed by atoms with E-state index in [2.05, 4.69) is 231 Å². The van der Waals surface area contributed by atoms with Crippen molar-refractivity contribution in [1.29, 1.82) is 10.5 Å². The van der Waals surface area contributed by atoms with Crippen LogP contribution in [0.4, 0.5) is 0 Å². The zero-order valence-corrected chi connectivity index (χ0v) is 42.8. The third-order valence-electron chi connectivity index (χ3n) is 18.6. The lowest BCUT2D eigenvalue weighted by Gasteiger charge is -2.15. The predicted molar refractivity (Wildman–Crippen MR) is 339 cm³/mol. The molecule has 0 aliphatic rings. The van der Waals surface area contributed by atoms with Crippen LogP contribution >= 0.6 is 0 Å². The van der Waals surface area contributed by atoms with E-state index >= 15 is 0 Å². The van der Waals surface area contributed by atoms with Crippen molar-refractivity contribution in [1.82, 2.24) is 0 Å². The number of benzene rings is 15. The van der Waals surface area contributed by atoms with Crippen LogP contribution in [0.1, 0.15) is 11.1 Å². The molecule has 19 aromatic rings. The minimum atomic E-state index is 0.698. The Labute approximate surface area is 457 Å². The van der Waals surface area contributed by atoms with Crippen LogP contribution in [0.3, 0.4) is 0 Å². The Morgan fingerprint density at radius 2 is 0.375 bits per heavy atom. The third-order valence-corrected chi connectivity index (χ3v) is 18.6. The van der Waals surface area contributed by atoms with E-state index in [0.29, 0.717) is 11.1 Å². The molecule has 19 rings (SSSR count). The summed E-state index contributed by atoms with van der Waals surface area (Å²) in [5, 5.41) is 55.2. The zero-order chi connectivity index (χ0) is 52.2. The Kier molecular flexibility index (Phi) is 7.91. The molecule has 0 aliphatic carbocycles. The van der Waals surface area contributed by atoms with Gasteiger partial charge in [-0.15, -0.1) is 0 Å². The van der Waals surface area contributed by atoms with E-state index in [9.17, 15) is 10.5 Å². The summed E-state index contributed by atoms with van der Waals surface area (Å²) in [7, 11) is 0. The molecule has 0 heterocycles. The molecule has 0 spiro atoms. The molecule has 0 bridgehead atoms. The van der Waals surface area contributed by atoms with Crippen molar-refractivity contribution in [2.75, 3.05) is 0 Å². The lowest BCUT2D eigenvalue weighted by atomic mass is 9.87. The summed E-state index contributed by atoms with van der Waals surface area (Å²) in [4.78, 5) is 0. The molecule has 0 radical (unpaired) electrons. The first kappa shape index (κ1) is 42.2. The second-order valence-electron chi connectivity index (χ2n) is 22.1. The van der Waals surface area contributed by atoms with Gasteiger partial charge in [-0.3, -0.25) is 0 Å². The molecule has 19 aromatic carbocycles. The van der Waals surface area contributed by atoms with E-state index in [0.717, 1.165) is 21.5 Å². The van der Waals surface area contributed by atoms with Gasteiger partial charge in [0.25, 0.3) is 0 Å². The molecule has 2 nitrogen and oxygen atoms in total. The smallest absolute Gasteiger partial charge is 0.0998 e. The number of nitrogens with zero attached hydrogens (tertiary/aromatic N) is 2. The standard InChI is InChI=1S/C78H38N2/c79-39-45-27-29-55-65-47(45)23-13-25-53(65)71-61(41-15-5-1-6-16-41)75-57-35-31-49-50-32-36-58-70-60(38-34-52(68(50)70)51-33-37-59(69(57)67(49)51)77(75)63(73(55)71)43-19-9-3-10-20-43)78-64(44-21-11-4-12-22-44)74-56-30-28-46(40-80)48-24-14-26-54(66(48)56)72(74)62(76(58)78)42-17-7-2-8-18-42/h1-38H. The van der Waals surface area contributed by atoms with E-state index in [1.54, 1.807) is 0 Å². The average molecular weight is 1000 g/mol. The fraction of sp³-hybridized carbons (Fsp3) is 0. The molecule has 360 valence electrons. The van der Waals surface area contributed by atoms with Gasteiger partial charge in [-0.05, 0) is 197 Å². The van der Waals surface area contributed by atoms with Gasteiger partial charge in [0, 0.05) is 10.8 Å². The Balaban J connectivity index is 1.01. The minimum Gasteiger partial charge on any atom is -0.192 e. The number of hydrogen-bond donors (Lipinski definition) is 0. The largest absolute Gasteiger partial charge is 0.192 e. The summed E-state index contributed by atoms with van der Waals surface area (Å²) in [5.74, 6) is 0. The third kappa shape index (κ3) is 4.96. The second kappa shape index (κ2) is 15.0. The van der Waals surface area contributed by atoms with Gasteiger partial charge in [0.15, 0.2) is 0 Å². The fourth-order valence-corrected chi connectivity index (χ4v) is 15.8. The molecule has 0 saturated heterocycles. The lowest BCUT2D eigenvalue weighted by molar-refractivity contribution is 1.51. The first-order chi connectivity index (χ1) is 39.7. The number of rotatable bonds is 4. The predicted octanol–water partition coefficient (Wildman–Crippen LogP) is 21.4. The highest BCUT2D eigenvalue weighted by atomic mass is 14.3. The van der Waals surface area contributed by atoms with Crippen molar-refractivity contribution in [3.63, 3.8) is 0 Å². The first-order valence-electron chi connectivity index (χ1n) is 27.5. The maximum absolute atomic E-state index is 10.4. The van der Waals surface area contributed by atoms with Crippen molar-refractivity contribution >= 4 is 151 Å². The van der Waals surface area contributed by atoms with Gasteiger partial charge in [-0.1, -0.05) is 218 Å². The van der Waals surface area contributed by atoms with Gasteiger partial charge >= 0.3 is 0 Å². The van der Waals surface area contributed by atoms with Crippen molar-refractivity contribution in [3.8, 4) is 56.6 Å². The first-order valence-corrected chi connectivity index (χ1v) is 27.5. The summed E-state index contributed by atoms with van der Waals surface area (Å²) in [5.41, 5.74) is 11.1. The van der Waals surface area contributed by atoms with E-state index in [-0.39, 0.29) is 0 Å². The van der Waals surface area contributed by atoms with Crippen LogP contribution in [0.15, 0.2) is 231 Å². The van der Waals surface area contributed by atoms with Crippen LogP contribution in [0.2, 0.25) is 0 Å². The van der Waals surface area contributed by atoms with Crippen LogP contribution in [-0.4, -0.2) is 0 Å². The molecular formula is C78H38N2. The molecule has 2 heteroatoms. The molecule has 0 unspecified atom stereocenters. The second-order valence-corrected chi connectivity index (χ2v) is 22.1.